The lowest BCUT2D eigenvalue weighted by Gasteiger charge is -2.20. The lowest BCUT2D eigenvalue weighted by molar-refractivity contribution is -0.141. The normalized spacial score (nSPS) is 26.7. The van der Waals surface area contributed by atoms with Crippen molar-refractivity contribution in [1.29, 1.82) is 0 Å². The van der Waals surface area contributed by atoms with Crippen LogP contribution in [-0.4, -0.2) is 23.6 Å². The van der Waals surface area contributed by atoms with Crippen LogP contribution in [0.1, 0.15) is 43.7 Å². The summed E-state index contributed by atoms with van der Waals surface area (Å²) in [6.45, 7) is 0.537. The molecular weight excluding hydrogens is 301 g/mol. The number of ether oxygens (including phenoxy) is 1. The minimum absolute atomic E-state index is 0.143. The van der Waals surface area contributed by atoms with E-state index in [4.69, 9.17) is 9.84 Å². The number of carboxylic acids is 1. The summed E-state index contributed by atoms with van der Waals surface area (Å²) in [4.78, 5) is 23.5. The van der Waals surface area contributed by atoms with Crippen molar-refractivity contribution >= 4 is 11.9 Å². The zero-order valence-electron chi connectivity index (χ0n) is 12.8. The van der Waals surface area contributed by atoms with Crippen molar-refractivity contribution in [2.24, 2.45) is 11.8 Å². The fourth-order valence-electron chi connectivity index (χ4n) is 3.43. The average Bonchev–Trinajstić information content (AvgIpc) is 2.94. The molecule has 1 aromatic carbocycles. The van der Waals surface area contributed by atoms with Gasteiger partial charge in [0.1, 0.15) is 11.6 Å². The average molecular weight is 321 g/mol. The third-order valence-electron chi connectivity index (χ3n) is 4.71. The molecule has 1 saturated carbocycles. The number of hydrogen-bond donors (Lipinski definition) is 2. The first-order valence-electron chi connectivity index (χ1n) is 8.00. The molecular formula is C17H20FNO4. The summed E-state index contributed by atoms with van der Waals surface area (Å²) >= 11 is 0. The molecule has 1 aromatic rings. The van der Waals surface area contributed by atoms with Crippen LogP contribution in [-0.2, 0) is 9.59 Å². The third-order valence-corrected chi connectivity index (χ3v) is 4.71. The van der Waals surface area contributed by atoms with Crippen LogP contribution < -0.4 is 10.1 Å². The molecule has 23 heavy (non-hydrogen) atoms. The smallest absolute Gasteiger partial charge is 0.306 e. The van der Waals surface area contributed by atoms with Crippen molar-refractivity contribution in [2.75, 3.05) is 6.61 Å². The zero-order chi connectivity index (χ0) is 16.4. The van der Waals surface area contributed by atoms with Gasteiger partial charge in [0.05, 0.1) is 18.6 Å². The summed E-state index contributed by atoms with van der Waals surface area (Å²) in [5.41, 5.74) is 0.656. The predicted molar refractivity (Wildman–Crippen MR) is 80.5 cm³/mol. The molecule has 2 N–H and O–H groups in total. The molecule has 124 valence electrons. The van der Waals surface area contributed by atoms with Crippen molar-refractivity contribution in [3.63, 3.8) is 0 Å². The minimum atomic E-state index is -0.837. The van der Waals surface area contributed by atoms with E-state index >= 15 is 0 Å². The lowest BCUT2D eigenvalue weighted by atomic mass is 9.99. The maximum absolute atomic E-state index is 13.5. The summed E-state index contributed by atoms with van der Waals surface area (Å²) in [5, 5.41) is 12.0. The van der Waals surface area contributed by atoms with Gasteiger partial charge in [0.15, 0.2) is 0 Å². The Morgan fingerprint density at radius 1 is 1.22 bits per heavy atom. The standard InChI is InChI=1S/C17H20FNO4/c18-12-5-6-15-13(9-12)14(2-1-7-23-15)19-16(20)10-3-4-11(8-10)17(21)22/h5-6,9-11,14H,1-4,7-8H2,(H,19,20)(H,21,22)/t10-,11+,14?/m0/s1. The molecule has 1 aliphatic heterocycles. The van der Waals surface area contributed by atoms with E-state index in [0.717, 1.165) is 6.42 Å². The number of aliphatic carboxylic acids is 1. The van der Waals surface area contributed by atoms with Crippen LogP contribution >= 0.6 is 0 Å². The van der Waals surface area contributed by atoms with E-state index < -0.39 is 11.9 Å². The van der Waals surface area contributed by atoms with Gasteiger partial charge in [-0.25, -0.2) is 4.39 Å². The Morgan fingerprint density at radius 2 is 2.00 bits per heavy atom. The highest BCUT2D eigenvalue weighted by atomic mass is 19.1. The summed E-state index contributed by atoms with van der Waals surface area (Å²) in [7, 11) is 0. The van der Waals surface area contributed by atoms with E-state index in [1.54, 1.807) is 6.07 Å². The van der Waals surface area contributed by atoms with Gasteiger partial charge in [-0.15, -0.1) is 0 Å². The van der Waals surface area contributed by atoms with Crippen LogP contribution in [0.4, 0.5) is 4.39 Å². The molecule has 1 heterocycles. The molecule has 0 bridgehead atoms. The molecule has 3 rings (SSSR count). The van der Waals surface area contributed by atoms with Gasteiger partial charge >= 0.3 is 5.97 Å². The van der Waals surface area contributed by atoms with Crippen LogP contribution in [0.3, 0.4) is 0 Å². The molecule has 1 aliphatic carbocycles. The quantitative estimate of drug-likeness (QED) is 0.897. The Kier molecular flexibility index (Phi) is 4.50. The van der Waals surface area contributed by atoms with Crippen molar-refractivity contribution in [3.05, 3.63) is 29.6 Å². The fraction of sp³-hybridized carbons (Fsp3) is 0.529. The second-order valence-corrected chi connectivity index (χ2v) is 6.28. The van der Waals surface area contributed by atoms with Crippen LogP contribution in [0.2, 0.25) is 0 Å². The lowest BCUT2D eigenvalue weighted by Crippen LogP contribution is -2.33. The summed E-state index contributed by atoms with van der Waals surface area (Å²) in [6.07, 6.45) is 2.94. The van der Waals surface area contributed by atoms with Crippen molar-refractivity contribution < 1.29 is 23.8 Å². The molecule has 6 heteroatoms. The second-order valence-electron chi connectivity index (χ2n) is 6.28. The minimum Gasteiger partial charge on any atom is -0.493 e. The van der Waals surface area contributed by atoms with Crippen LogP contribution in [0.15, 0.2) is 18.2 Å². The molecule has 1 amide bonds. The SMILES string of the molecule is O=C(O)[C@@H]1CC[C@H](C(=O)NC2CCCOc3ccc(F)cc32)C1. The zero-order valence-corrected chi connectivity index (χ0v) is 12.8. The van der Waals surface area contributed by atoms with Gasteiger partial charge in [0, 0.05) is 11.5 Å². The Balaban J connectivity index is 1.71. The van der Waals surface area contributed by atoms with Crippen LogP contribution in [0, 0.1) is 17.7 Å². The Morgan fingerprint density at radius 3 is 2.74 bits per heavy atom. The highest BCUT2D eigenvalue weighted by molar-refractivity contribution is 5.81. The number of rotatable bonds is 3. The number of benzene rings is 1. The van der Waals surface area contributed by atoms with Gasteiger partial charge in [-0.2, -0.15) is 0 Å². The molecule has 0 aromatic heterocycles. The first-order valence-corrected chi connectivity index (χ1v) is 8.00. The van der Waals surface area contributed by atoms with Gasteiger partial charge in [-0.3, -0.25) is 9.59 Å². The van der Waals surface area contributed by atoms with E-state index in [9.17, 15) is 14.0 Å². The topological polar surface area (TPSA) is 75.6 Å². The summed E-state index contributed by atoms with van der Waals surface area (Å²) in [6, 6.07) is 4.04. The summed E-state index contributed by atoms with van der Waals surface area (Å²) in [5.74, 6) is -1.46. The van der Waals surface area contributed by atoms with E-state index in [2.05, 4.69) is 5.32 Å². The van der Waals surface area contributed by atoms with Crippen LogP contribution in [0.5, 0.6) is 5.75 Å². The number of fused-ring (bicyclic) bond motifs is 1. The molecule has 1 fully saturated rings. The van der Waals surface area contributed by atoms with E-state index in [1.165, 1.54) is 12.1 Å². The largest absolute Gasteiger partial charge is 0.493 e. The fourth-order valence-corrected chi connectivity index (χ4v) is 3.43. The molecule has 0 spiro atoms. The molecule has 0 saturated heterocycles. The van der Waals surface area contributed by atoms with Crippen molar-refractivity contribution in [3.8, 4) is 5.75 Å². The number of carboxylic acid groups (broad SMARTS) is 1. The Labute approximate surface area is 133 Å². The number of nitrogens with one attached hydrogen (secondary N) is 1. The molecule has 0 radical (unpaired) electrons. The number of hydrogen-bond acceptors (Lipinski definition) is 3. The highest BCUT2D eigenvalue weighted by Gasteiger charge is 2.35. The molecule has 1 unspecified atom stereocenters. The van der Waals surface area contributed by atoms with Crippen molar-refractivity contribution in [2.45, 2.75) is 38.1 Å². The van der Waals surface area contributed by atoms with Gasteiger partial charge in [0.2, 0.25) is 5.91 Å². The highest BCUT2D eigenvalue weighted by Crippen LogP contribution is 2.35. The van der Waals surface area contributed by atoms with Crippen molar-refractivity contribution in [1.82, 2.24) is 5.32 Å². The number of amides is 1. The van der Waals surface area contributed by atoms with Gasteiger partial charge in [-0.05, 0) is 50.3 Å². The van der Waals surface area contributed by atoms with E-state index in [-0.39, 0.29) is 23.7 Å². The molecule has 2 aliphatic rings. The molecule has 5 nitrogen and oxygen atoms in total. The number of carbonyl (C=O) groups excluding carboxylic acids is 1. The second kappa shape index (κ2) is 6.56. The first kappa shape index (κ1) is 15.8. The van der Waals surface area contributed by atoms with E-state index in [1.807, 2.05) is 0 Å². The molecule has 3 atom stereocenters. The Hall–Kier alpha value is -2.11. The number of carbonyl (C=O) groups is 2. The monoisotopic (exact) mass is 321 g/mol. The maximum Gasteiger partial charge on any atom is 0.306 e. The summed E-state index contributed by atoms with van der Waals surface area (Å²) < 4.78 is 19.1. The van der Waals surface area contributed by atoms with Crippen LogP contribution in [0.25, 0.3) is 0 Å². The van der Waals surface area contributed by atoms with Gasteiger partial charge < -0.3 is 15.2 Å². The first-order chi connectivity index (χ1) is 11.0. The van der Waals surface area contributed by atoms with Gasteiger partial charge in [-0.1, -0.05) is 0 Å². The predicted octanol–water partition coefficient (Wildman–Crippen LogP) is 2.66. The Bertz CT molecular complexity index is 619. The third kappa shape index (κ3) is 3.46. The maximum atomic E-state index is 13.5. The number of halogens is 1. The van der Waals surface area contributed by atoms with Gasteiger partial charge in [0.25, 0.3) is 0 Å². The van der Waals surface area contributed by atoms with E-state index in [0.29, 0.717) is 43.6 Å².